The van der Waals surface area contributed by atoms with Gasteiger partial charge in [0.2, 0.25) is 0 Å². The Balaban J connectivity index is 2.26. The Bertz CT molecular complexity index is 111. The van der Waals surface area contributed by atoms with E-state index in [1.807, 2.05) is 0 Å². The van der Waals surface area contributed by atoms with E-state index >= 15 is 0 Å². The van der Waals surface area contributed by atoms with Gasteiger partial charge in [0.25, 0.3) is 0 Å². The van der Waals surface area contributed by atoms with Crippen LogP contribution in [-0.2, 0) is 9.53 Å². The van der Waals surface area contributed by atoms with E-state index in [9.17, 15) is 9.90 Å². The lowest BCUT2D eigenvalue weighted by Crippen LogP contribution is -2.29. The summed E-state index contributed by atoms with van der Waals surface area (Å²) in [6.07, 6.45) is -1.38. The van der Waals surface area contributed by atoms with Crippen molar-refractivity contribution in [2.75, 3.05) is 6.61 Å². The Kier molecular flexibility index (Phi) is 1.19. The lowest BCUT2D eigenvalue weighted by molar-refractivity contribution is -0.307. The number of ether oxygens (including phenoxy) is 1. The van der Waals surface area contributed by atoms with Gasteiger partial charge >= 0.3 is 0 Å². The highest BCUT2D eigenvalue weighted by Gasteiger charge is 2.39. The number of epoxide rings is 1. The van der Waals surface area contributed by atoms with Crippen molar-refractivity contribution in [2.45, 2.75) is 12.2 Å². The maximum Gasteiger partial charge on any atom is 0.126 e. The molecule has 0 aromatic rings. The standard InChI is InChI=1S/C4H6O4/c5-1-2-3(8-2)4(6)7/h2-3,5H,1H2,(H,6,7)/p-1. The average molecular weight is 117 g/mol. The van der Waals surface area contributed by atoms with Gasteiger partial charge in [0.1, 0.15) is 12.2 Å². The van der Waals surface area contributed by atoms with Crippen molar-refractivity contribution in [1.82, 2.24) is 0 Å². The summed E-state index contributed by atoms with van der Waals surface area (Å²) < 4.78 is 4.42. The van der Waals surface area contributed by atoms with Gasteiger partial charge in [-0.05, 0) is 0 Å². The number of aliphatic carboxylic acids is 1. The smallest absolute Gasteiger partial charge is 0.126 e. The number of aliphatic hydroxyl groups excluding tert-OH is 1. The minimum atomic E-state index is -1.25. The summed E-state index contributed by atoms with van der Waals surface area (Å²) in [5.74, 6) is -1.25. The summed E-state index contributed by atoms with van der Waals surface area (Å²) in [5, 5.41) is 18.0. The fourth-order valence-corrected chi connectivity index (χ4v) is 0.489. The minimum Gasteiger partial charge on any atom is -0.547 e. The molecule has 4 heteroatoms. The molecular formula is C4H5O4-. The van der Waals surface area contributed by atoms with E-state index in [0.29, 0.717) is 0 Å². The van der Waals surface area contributed by atoms with Crippen LogP contribution in [0, 0.1) is 0 Å². The van der Waals surface area contributed by atoms with Crippen LogP contribution in [0.5, 0.6) is 0 Å². The zero-order valence-corrected chi connectivity index (χ0v) is 4.03. The van der Waals surface area contributed by atoms with Gasteiger partial charge < -0.3 is 19.7 Å². The summed E-state index contributed by atoms with van der Waals surface area (Å²) >= 11 is 0. The van der Waals surface area contributed by atoms with Crippen molar-refractivity contribution in [3.8, 4) is 0 Å². The highest BCUT2D eigenvalue weighted by Crippen LogP contribution is 2.19. The van der Waals surface area contributed by atoms with E-state index in [-0.39, 0.29) is 6.61 Å². The Morgan fingerprint density at radius 2 is 2.50 bits per heavy atom. The number of aliphatic hydroxyl groups is 1. The molecule has 1 fully saturated rings. The first kappa shape index (κ1) is 5.53. The molecule has 2 atom stereocenters. The first-order chi connectivity index (χ1) is 3.75. The number of rotatable bonds is 2. The van der Waals surface area contributed by atoms with E-state index in [4.69, 9.17) is 5.11 Å². The minimum absolute atomic E-state index is 0.237. The molecule has 0 bridgehead atoms. The van der Waals surface area contributed by atoms with Crippen LogP contribution >= 0.6 is 0 Å². The van der Waals surface area contributed by atoms with Gasteiger partial charge in [-0.15, -0.1) is 0 Å². The van der Waals surface area contributed by atoms with Gasteiger partial charge in [-0.25, -0.2) is 0 Å². The first-order valence-corrected chi connectivity index (χ1v) is 2.23. The molecule has 46 valence electrons. The molecule has 0 spiro atoms. The molecule has 2 unspecified atom stereocenters. The third-order valence-corrected chi connectivity index (χ3v) is 0.995. The molecule has 0 radical (unpaired) electrons. The Morgan fingerprint density at radius 1 is 1.88 bits per heavy atom. The van der Waals surface area contributed by atoms with E-state index in [0.717, 1.165) is 0 Å². The lowest BCUT2D eigenvalue weighted by Gasteiger charge is -1.90. The number of hydrogen-bond acceptors (Lipinski definition) is 4. The van der Waals surface area contributed by atoms with Crippen LogP contribution in [0.15, 0.2) is 0 Å². The fourth-order valence-electron chi connectivity index (χ4n) is 0.489. The number of hydrogen-bond donors (Lipinski definition) is 1. The van der Waals surface area contributed by atoms with Gasteiger partial charge in [0, 0.05) is 0 Å². The largest absolute Gasteiger partial charge is 0.547 e. The first-order valence-electron chi connectivity index (χ1n) is 2.23. The molecule has 1 aliphatic rings. The van der Waals surface area contributed by atoms with Crippen LogP contribution in [-0.4, -0.2) is 29.9 Å². The van der Waals surface area contributed by atoms with E-state index in [1.54, 1.807) is 0 Å². The molecule has 1 saturated heterocycles. The number of carbonyl (C=O) groups is 1. The van der Waals surface area contributed by atoms with E-state index in [1.165, 1.54) is 0 Å². The Hall–Kier alpha value is -0.610. The highest BCUT2D eigenvalue weighted by atomic mass is 16.6. The summed E-state index contributed by atoms with van der Waals surface area (Å²) in [4.78, 5) is 9.78. The SMILES string of the molecule is O=C([O-])C1OC1CO. The van der Waals surface area contributed by atoms with E-state index < -0.39 is 18.2 Å². The van der Waals surface area contributed by atoms with Gasteiger partial charge in [-0.1, -0.05) is 0 Å². The van der Waals surface area contributed by atoms with Crippen LogP contribution in [0.1, 0.15) is 0 Å². The van der Waals surface area contributed by atoms with Gasteiger partial charge in [-0.3, -0.25) is 0 Å². The van der Waals surface area contributed by atoms with Crippen molar-refractivity contribution in [1.29, 1.82) is 0 Å². The molecule has 0 aromatic heterocycles. The molecule has 1 aliphatic heterocycles. The number of carboxylic acid groups (broad SMARTS) is 1. The topological polar surface area (TPSA) is 72.9 Å². The van der Waals surface area contributed by atoms with Gasteiger partial charge in [0.15, 0.2) is 0 Å². The summed E-state index contributed by atoms with van der Waals surface area (Å²) in [5.41, 5.74) is 0. The maximum atomic E-state index is 9.78. The van der Waals surface area contributed by atoms with Crippen LogP contribution in [0.2, 0.25) is 0 Å². The third kappa shape index (κ3) is 0.801. The van der Waals surface area contributed by atoms with Crippen LogP contribution in [0.25, 0.3) is 0 Å². The zero-order valence-electron chi connectivity index (χ0n) is 4.03. The lowest BCUT2D eigenvalue weighted by atomic mass is 10.3. The quantitative estimate of drug-likeness (QED) is 0.405. The summed E-state index contributed by atoms with van der Waals surface area (Å²) in [6.45, 7) is -0.237. The molecule has 1 heterocycles. The second-order valence-electron chi connectivity index (χ2n) is 1.60. The average Bonchev–Trinajstić information content (AvgIpc) is 2.42. The predicted molar refractivity (Wildman–Crippen MR) is 20.8 cm³/mol. The maximum absolute atomic E-state index is 9.78. The van der Waals surface area contributed by atoms with Gasteiger partial charge in [0.05, 0.1) is 12.6 Å². The molecule has 0 aromatic carbocycles. The Morgan fingerprint density at radius 3 is 2.62 bits per heavy atom. The molecule has 1 N–H and O–H groups in total. The molecule has 4 nitrogen and oxygen atoms in total. The normalized spacial score (nSPS) is 34.6. The molecule has 1 rings (SSSR count). The van der Waals surface area contributed by atoms with E-state index in [2.05, 4.69) is 4.74 Å². The van der Waals surface area contributed by atoms with Crippen LogP contribution in [0.3, 0.4) is 0 Å². The molecule has 8 heavy (non-hydrogen) atoms. The van der Waals surface area contributed by atoms with Gasteiger partial charge in [-0.2, -0.15) is 0 Å². The number of carboxylic acids is 1. The third-order valence-electron chi connectivity index (χ3n) is 0.995. The monoisotopic (exact) mass is 117 g/mol. The second kappa shape index (κ2) is 1.72. The molecular weight excluding hydrogens is 112 g/mol. The molecule has 0 amide bonds. The molecule has 0 saturated carbocycles. The zero-order chi connectivity index (χ0) is 6.15. The number of carbonyl (C=O) groups excluding carboxylic acids is 1. The fraction of sp³-hybridized carbons (Fsp3) is 0.750. The molecule has 0 aliphatic carbocycles. The summed E-state index contributed by atoms with van der Waals surface area (Å²) in [7, 11) is 0. The second-order valence-corrected chi connectivity index (χ2v) is 1.60. The Labute approximate surface area is 45.7 Å². The van der Waals surface area contributed by atoms with Crippen LogP contribution in [0.4, 0.5) is 0 Å². The summed E-state index contributed by atoms with van der Waals surface area (Å²) in [6, 6.07) is 0. The van der Waals surface area contributed by atoms with Crippen molar-refractivity contribution < 1.29 is 19.7 Å². The van der Waals surface area contributed by atoms with Crippen LogP contribution < -0.4 is 5.11 Å². The van der Waals surface area contributed by atoms with Crippen molar-refractivity contribution in [3.05, 3.63) is 0 Å². The predicted octanol–water partition coefficient (Wildman–Crippen LogP) is -2.50. The van der Waals surface area contributed by atoms with Crippen molar-refractivity contribution in [3.63, 3.8) is 0 Å². The van der Waals surface area contributed by atoms with Crippen molar-refractivity contribution >= 4 is 5.97 Å². The van der Waals surface area contributed by atoms with Crippen molar-refractivity contribution in [2.24, 2.45) is 0 Å². The highest BCUT2D eigenvalue weighted by molar-refractivity contribution is 5.73.